The van der Waals surface area contributed by atoms with Crippen LogP contribution in [0.4, 0.5) is 0 Å². The van der Waals surface area contributed by atoms with E-state index in [1.807, 2.05) is 17.0 Å². The van der Waals surface area contributed by atoms with Crippen LogP contribution in [0.2, 0.25) is 0 Å². The van der Waals surface area contributed by atoms with Gasteiger partial charge in [0.05, 0.1) is 12.2 Å². The third-order valence-electron chi connectivity index (χ3n) is 5.40. The van der Waals surface area contributed by atoms with Crippen LogP contribution in [0, 0.1) is 0 Å². The highest BCUT2D eigenvalue weighted by Gasteiger charge is 2.28. The molecule has 0 radical (unpaired) electrons. The number of amides is 1. The van der Waals surface area contributed by atoms with E-state index in [4.69, 9.17) is 4.74 Å². The molecule has 0 bridgehead atoms. The summed E-state index contributed by atoms with van der Waals surface area (Å²) in [5.74, 6) is 0.140. The van der Waals surface area contributed by atoms with Crippen LogP contribution >= 0.6 is 0 Å². The van der Waals surface area contributed by atoms with Crippen LogP contribution < -0.4 is 5.32 Å². The number of hydrogen-bond donors (Lipinski definition) is 1. The molecule has 2 heterocycles. The van der Waals surface area contributed by atoms with E-state index in [0.717, 1.165) is 38.3 Å². The number of ether oxygens (including phenoxy) is 1. The summed E-state index contributed by atoms with van der Waals surface area (Å²) in [7, 11) is 0. The van der Waals surface area contributed by atoms with Gasteiger partial charge in [0.15, 0.2) is 0 Å². The Kier molecular flexibility index (Phi) is 5.77. The van der Waals surface area contributed by atoms with Crippen molar-refractivity contribution in [3.8, 4) is 0 Å². The van der Waals surface area contributed by atoms with Crippen molar-refractivity contribution in [3.05, 3.63) is 35.4 Å². The van der Waals surface area contributed by atoms with Crippen molar-refractivity contribution in [1.82, 2.24) is 15.1 Å². The number of rotatable bonds is 3. The number of carbonyl (C=O) groups is 1. The van der Waals surface area contributed by atoms with Gasteiger partial charge in [0, 0.05) is 50.4 Å². The van der Waals surface area contributed by atoms with Crippen molar-refractivity contribution in [2.75, 3.05) is 26.2 Å². The number of nitrogens with one attached hydrogen (secondary N) is 1. The molecule has 5 nitrogen and oxygen atoms in total. The first-order valence-electron chi connectivity index (χ1n) is 9.45. The summed E-state index contributed by atoms with van der Waals surface area (Å²) in [4.78, 5) is 17.2. The van der Waals surface area contributed by atoms with E-state index in [9.17, 15) is 4.79 Å². The molecule has 1 aromatic rings. The van der Waals surface area contributed by atoms with E-state index in [1.165, 1.54) is 5.56 Å². The maximum absolute atomic E-state index is 12.8. The molecule has 1 N–H and O–H groups in total. The summed E-state index contributed by atoms with van der Waals surface area (Å²) in [6.07, 6.45) is 0.557. The van der Waals surface area contributed by atoms with Gasteiger partial charge in [-0.25, -0.2) is 0 Å². The van der Waals surface area contributed by atoms with E-state index in [-0.39, 0.29) is 24.2 Å². The first kappa shape index (κ1) is 18.4. The molecule has 138 valence electrons. The first-order chi connectivity index (χ1) is 11.9. The Morgan fingerprint density at radius 1 is 1.12 bits per heavy atom. The van der Waals surface area contributed by atoms with Crippen LogP contribution in [-0.2, 0) is 11.3 Å². The minimum Gasteiger partial charge on any atom is -0.373 e. The molecule has 25 heavy (non-hydrogen) atoms. The average Bonchev–Trinajstić information content (AvgIpc) is 2.56. The quantitative estimate of drug-likeness (QED) is 0.911. The van der Waals surface area contributed by atoms with Crippen LogP contribution in [0.15, 0.2) is 24.3 Å². The third-order valence-corrected chi connectivity index (χ3v) is 5.40. The SMILES string of the molecule is CC1CN(Cc2ccc(C(=O)N3CCNC(C)C3C)cc2)CC(C)O1. The minimum atomic E-state index is 0.140. The molecule has 0 spiro atoms. The Labute approximate surface area is 151 Å². The molecule has 5 heteroatoms. The van der Waals surface area contributed by atoms with Crippen molar-refractivity contribution < 1.29 is 9.53 Å². The van der Waals surface area contributed by atoms with Gasteiger partial charge in [-0.05, 0) is 45.4 Å². The van der Waals surface area contributed by atoms with Gasteiger partial charge in [0.1, 0.15) is 0 Å². The molecular weight excluding hydrogens is 314 g/mol. The predicted octanol–water partition coefficient (Wildman–Crippen LogP) is 2.12. The maximum Gasteiger partial charge on any atom is 0.254 e. The van der Waals surface area contributed by atoms with Crippen molar-refractivity contribution in [1.29, 1.82) is 0 Å². The van der Waals surface area contributed by atoms with Gasteiger partial charge in [-0.2, -0.15) is 0 Å². The Morgan fingerprint density at radius 2 is 1.76 bits per heavy atom. The fraction of sp³-hybridized carbons (Fsp3) is 0.650. The van der Waals surface area contributed by atoms with E-state index >= 15 is 0 Å². The Balaban J connectivity index is 1.63. The normalized spacial score (nSPS) is 31.1. The van der Waals surface area contributed by atoms with Crippen molar-refractivity contribution in [2.24, 2.45) is 0 Å². The molecule has 2 aliphatic heterocycles. The molecule has 0 aromatic heterocycles. The second kappa shape index (κ2) is 7.85. The van der Waals surface area contributed by atoms with Crippen molar-refractivity contribution in [3.63, 3.8) is 0 Å². The number of nitrogens with zero attached hydrogens (tertiary/aromatic N) is 2. The molecule has 0 saturated carbocycles. The lowest BCUT2D eigenvalue weighted by Gasteiger charge is -2.38. The van der Waals surface area contributed by atoms with Crippen LogP contribution in [0.3, 0.4) is 0 Å². The fourth-order valence-corrected chi connectivity index (χ4v) is 3.93. The maximum atomic E-state index is 12.8. The zero-order valence-electron chi connectivity index (χ0n) is 15.9. The van der Waals surface area contributed by atoms with E-state index < -0.39 is 0 Å². The fourth-order valence-electron chi connectivity index (χ4n) is 3.93. The first-order valence-corrected chi connectivity index (χ1v) is 9.45. The topological polar surface area (TPSA) is 44.8 Å². The summed E-state index contributed by atoms with van der Waals surface area (Å²) >= 11 is 0. The lowest BCUT2D eigenvalue weighted by molar-refractivity contribution is -0.0704. The lowest BCUT2D eigenvalue weighted by Crippen LogP contribution is -2.57. The van der Waals surface area contributed by atoms with Gasteiger partial charge >= 0.3 is 0 Å². The van der Waals surface area contributed by atoms with Crippen LogP contribution in [0.5, 0.6) is 0 Å². The Bertz CT molecular complexity index is 579. The number of hydrogen-bond acceptors (Lipinski definition) is 4. The Morgan fingerprint density at radius 3 is 2.40 bits per heavy atom. The largest absolute Gasteiger partial charge is 0.373 e. The number of morpholine rings is 1. The third kappa shape index (κ3) is 4.40. The Hall–Kier alpha value is -1.43. The highest BCUT2D eigenvalue weighted by atomic mass is 16.5. The molecule has 2 aliphatic rings. The molecule has 3 rings (SSSR count). The molecule has 1 amide bonds. The number of benzene rings is 1. The zero-order chi connectivity index (χ0) is 18.0. The number of piperazine rings is 1. The van der Waals surface area contributed by atoms with E-state index in [0.29, 0.717) is 6.04 Å². The van der Waals surface area contributed by atoms with Gasteiger partial charge in [0.25, 0.3) is 5.91 Å². The van der Waals surface area contributed by atoms with Gasteiger partial charge < -0.3 is 15.0 Å². The van der Waals surface area contributed by atoms with Gasteiger partial charge in [0.2, 0.25) is 0 Å². The van der Waals surface area contributed by atoms with Gasteiger partial charge in [-0.3, -0.25) is 9.69 Å². The lowest BCUT2D eigenvalue weighted by atomic mass is 10.0. The monoisotopic (exact) mass is 345 g/mol. The van der Waals surface area contributed by atoms with E-state index in [2.05, 4.69) is 50.0 Å². The van der Waals surface area contributed by atoms with Gasteiger partial charge in [-0.15, -0.1) is 0 Å². The minimum absolute atomic E-state index is 0.140. The predicted molar refractivity (Wildman–Crippen MR) is 99.7 cm³/mol. The number of carbonyl (C=O) groups excluding carboxylic acids is 1. The van der Waals surface area contributed by atoms with Crippen molar-refractivity contribution >= 4 is 5.91 Å². The molecule has 2 saturated heterocycles. The smallest absolute Gasteiger partial charge is 0.254 e. The summed E-state index contributed by atoms with van der Waals surface area (Å²) in [5.41, 5.74) is 2.04. The summed E-state index contributed by atoms with van der Waals surface area (Å²) in [5, 5.41) is 3.42. The molecule has 2 fully saturated rings. The molecular formula is C20H31N3O2. The molecule has 1 aromatic carbocycles. The van der Waals surface area contributed by atoms with Gasteiger partial charge in [-0.1, -0.05) is 12.1 Å². The van der Waals surface area contributed by atoms with E-state index in [1.54, 1.807) is 0 Å². The second-order valence-corrected chi connectivity index (χ2v) is 7.63. The second-order valence-electron chi connectivity index (χ2n) is 7.63. The van der Waals surface area contributed by atoms with Crippen LogP contribution in [0.25, 0.3) is 0 Å². The standard InChI is InChI=1S/C20H31N3O2/c1-14-11-22(12-15(2)25-14)13-18-5-7-19(8-6-18)20(24)23-10-9-21-16(3)17(23)4/h5-8,14-17,21H,9-13H2,1-4H3. The molecule has 0 aliphatic carbocycles. The highest BCUT2D eigenvalue weighted by Crippen LogP contribution is 2.17. The van der Waals surface area contributed by atoms with Crippen molar-refractivity contribution in [2.45, 2.75) is 58.5 Å². The summed E-state index contributed by atoms with van der Waals surface area (Å²) in [6.45, 7) is 13.0. The molecule has 4 unspecified atom stereocenters. The zero-order valence-corrected chi connectivity index (χ0v) is 15.9. The summed E-state index contributed by atoms with van der Waals surface area (Å²) in [6, 6.07) is 8.69. The van der Waals surface area contributed by atoms with Crippen LogP contribution in [-0.4, -0.2) is 66.2 Å². The highest BCUT2D eigenvalue weighted by molar-refractivity contribution is 5.94. The van der Waals surface area contributed by atoms with Crippen LogP contribution in [0.1, 0.15) is 43.6 Å². The summed E-state index contributed by atoms with van der Waals surface area (Å²) < 4.78 is 5.79. The average molecular weight is 345 g/mol. The molecule has 4 atom stereocenters.